The third-order valence-electron chi connectivity index (χ3n) is 2.02. The van der Waals surface area contributed by atoms with Gasteiger partial charge in [0.25, 0.3) is 0 Å². The molecular weight excluding hydrogens is 170 g/mol. The molecule has 1 aromatic heterocycles. The van der Waals surface area contributed by atoms with Crippen LogP contribution in [0.25, 0.3) is 0 Å². The van der Waals surface area contributed by atoms with Crippen LogP contribution in [-0.2, 0) is 5.41 Å². The van der Waals surface area contributed by atoms with Gasteiger partial charge in [0.05, 0.1) is 0 Å². The quantitative estimate of drug-likeness (QED) is 0.569. The highest BCUT2D eigenvalue weighted by molar-refractivity contribution is 5.30. The molecule has 0 aliphatic heterocycles. The van der Waals surface area contributed by atoms with Crippen LogP contribution in [0.5, 0.6) is 0 Å². The highest BCUT2D eigenvalue weighted by Crippen LogP contribution is 2.20. The summed E-state index contributed by atoms with van der Waals surface area (Å²) >= 11 is 0. The van der Waals surface area contributed by atoms with Crippen molar-refractivity contribution in [1.82, 2.24) is 4.98 Å². The number of nitrogens with zero attached hydrogens (tertiary/aromatic N) is 1. The lowest BCUT2D eigenvalue weighted by atomic mass is 9.88. The van der Waals surface area contributed by atoms with Gasteiger partial charge in [-0.25, -0.2) is 4.98 Å². The Morgan fingerprint density at radius 2 is 2.00 bits per heavy atom. The molecule has 0 radical (unpaired) electrons. The molecule has 1 rings (SSSR count). The minimum absolute atomic E-state index is 0.170. The van der Waals surface area contributed by atoms with Gasteiger partial charge < -0.3 is 0 Å². The van der Waals surface area contributed by atoms with E-state index in [9.17, 15) is 0 Å². The highest BCUT2D eigenvalue weighted by atomic mass is 14.7. The number of hydrogen-bond acceptors (Lipinski definition) is 1. The molecule has 1 heterocycles. The van der Waals surface area contributed by atoms with Crippen LogP contribution >= 0.6 is 0 Å². The molecular formula is C13H17N. The van der Waals surface area contributed by atoms with Crippen molar-refractivity contribution in [2.24, 2.45) is 0 Å². The van der Waals surface area contributed by atoms with Crippen LogP contribution in [0.15, 0.2) is 18.3 Å². The molecule has 1 heteroatoms. The second-order valence-electron chi connectivity index (χ2n) is 4.34. The Kier molecular flexibility index (Phi) is 3.30. The number of hydrogen-bond donors (Lipinski definition) is 0. The summed E-state index contributed by atoms with van der Waals surface area (Å²) in [6.45, 7) is 8.58. The summed E-state index contributed by atoms with van der Waals surface area (Å²) in [4.78, 5) is 4.31. The van der Waals surface area contributed by atoms with Crippen LogP contribution in [0.3, 0.4) is 0 Å². The van der Waals surface area contributed by atoms with Crippen molar-refractivity contribution in [2.45, 2.75) is 39.5 Å². The molecule has 0 spiro atoms. The van der Waals surface area contributed by atoms with Crippen LogP contribution in [0, 0.1) is 11.8 Å². The van der Waals surface area contributed by atoms with E-state index in [1.807, 2.05) is 19.2 Å². The van der Waals surface area contributed by atoms with Gasteiger partial charge in [-0.3, -0.25) is 0 Å². The van der Waals surface area contributed by atoms with E-state index in [0.29, 0.717) is 0 Å². The summed E-state index contributed by atoms with van der Waals surface area (Å²) in [5, 5.41) is 0. The average Bonchev–Trinajstić information content (AvgIpc) is 2.14. The van der Waals surface area contributed by atoms with Crippen molar-refractivity contribution < 1.29 is 0 Å². The molecule has 1 nitrogen and oxygen atoms in total. The average molecular weight is 187 g/mol. The van der Waals surface area contributed by atoms with Crippen molar-refractivity contribution in [2.75, 3.05) is 0 Å². The lowest BCUT2D eigenvalue weighted by Crippen LogP contribution is -2.11. The first kappa shape index (κ1) is 10.8. The summed E-state index contributed by atoms with van der Waals surface area (Å²) in [6, 6.07) is 4.09. The number of pyridine rings is 1. The van der Waals surface area contributed by atoms with Crippen molar-refractivity contribution in [3.8, 4) is 11.8 Å². The van der Waals surface area contributed by atoms with Gasteiger partial charge in [-0.1, -0.05) is 39.7 Å². The fourth-order valence-corrected chi connectivity index (χ4v) is 1.09. The van der Waals surface area contributed by atoms with E-state index >= 15 is 0 Å². The molecule has 0 aliphatic rings. The molecule has 0 amide bonds. The van der Waals surface area contributed by atoms with Crippen LogP contribution < -0.4 is 0 Å². The van der Waals surface area contributed by atoms with Gasteiger partial charge in [-0.2, -0.15) is 0 Å². The molecule has 0 aromatic carbocycles. The minimum atomic E-state index is 0.170. The molecule has 0 fully saturated rings. The molecule has 0 saturated carbocycles. The van der Waals surface area contributed by atoms with Crippen LogP contribution in [0.2, 0.25) is 0 Å². The Hall–Kier alpha value is -1.29. The maximum absolute atomic E-state index is 4.31. The predicted octanol–water partition coefficient (Wildman–Crippen LogP) is 3.14. The Balaban J connectivity index is 2.89. The molecule has 0 unspecified atom stereocenters. The van der Waals surface area contributed by atoms with Crippen molar-refractivity contribution in [3.05, 3.63) is 29.6 Å². The summed E-state index contributed by atoms with van der Waals surface area (Å²) in [6.07, 6.45) is 2.79. The maximum Gasteiger partial charge on any atom is 0.113 e. The predicted molar refractivity (Wildman–Crippen MR) is 60.1 cm³/mol. The van der Waals surface area contributed by atoms with Crippen molar-refractivity contribution >= 4 is 0 Å². The van der Waals surface area contributed by atoms with Crippen LogP contribution in [-0.4, -0.2) is 4.98 Å². The van der Waals surface area contributed by atoms with Gasteiger partial charge in [-0.15, -0.1) is 0 Å². The van der Waals surface area contributed by atoms with Gasteiger partial charge in [0.2, 0.25) is 0 Å². The van der Waals surface area contributed by atoms with E-state index in [0.717, 1.165) is 12.1 Å². The second-order valence-corrected chi connectivity index (χ2v) is 4.34. The summed E-state index contributed by atoms with van der Waals surface area (Å²) in [5.74, 6) is 6.02. The Bertz CT molecular complexity index is 344. The first-order valence-electron chi connectivity index (χ1n) is 4.99. The van der Waals surface area contributed by atoms with E-state index < -0.39 is 0 Å². The van der Waals surface area contributed by atoms with E-state index in [1.165, 1.54) is 5.56 Å². The fraction of sp³-hybridized carbons (Fsp3) is 0.462. The molecule has 0 aliphatic carbocycles. The van der Waals surface area contributed by atoms with E-state index in [4.69, 9.17) is 0 Å². The smallest absolute Gasteiger partial charge is 0.113 e. The molecule has 0 atom stereocenters. The monoisotopic (exact) mass is 187 g/mol. The van der Waals surface area contributed by atoms with E-state index in [-0.39, 0.29) is 5.41 Å². The topological polar surface area (TPSA) is 12.9 Å². The molecule has 14 heavy (non-hydrogen) atoms. The largest absolute Gasteiger partial charge is 0.247 e. The standard InChI is InChI=1S/C13H17N/c1-5-6-7-12-9-8-11(10-14-12)13(2,3)4/h8-10H,5H2,1-4H3. The molecule has 0 N–H and O–H groups in total. The summed E-state index contributed by atoms with van der Waals surface area (Å²) in [7, 11) is 0. The third-order valence-corrected chi connectivity index (χ3v) is 2.02. The minimum Gasteiger partial charge on any atom is -0.247 e. The fourth-order valence-electron chi connectivity index (χ4n) is 1.09. The Morgan fingerprint density at radius 1 is 1.29 bits per heavy atom. The molecule has 74 valence electrons. The zero-order chi connectivity index (χ0) is 10.6. The first-order valence-corrected chi connectivity index (χ1v) is 4.99. The van der Waals surface area contributed by atoms with E-state index in [2.05, 4.69) is 43.7 Å². The number of aromatic nitrogens is 1. The Labute approximate surface area is 86.6 Å². The first-order chi connectivity index (χ1) is 6.54. The lowest BCUT2D eigenvalue weighted by molar-refractivity contribution is 0.587. The van der Waals surface area contributed by atoms with Gasteiger partial charge >= 0.3 is 0 Å². The van der Waals surface area contributed by atoms with Gasteiger partial charge in [0, 0.05) is 12.6 Å². The maximum atomic E-state index is 4.31. The summed E-state index contributed by atoms with van der Waals surface area (Å²) < 4.78 is 0. The highest BCUT2D eigenvalue weighted by Gasteiger charge is 2.12. The van der Waals surface area contributed by atoms with Gasteiger partial charge in [0.15, 0.2) is 0 Å². The molecule has 0 bridgehead atoms. The summed E-state index contributed by atoms with van der Waals surface area (Å²) in [5.41, 5.74) is 2.28. The van der Waals surface area contributed by atoms with Crippen molar-refractivity contribution in [1.29, 1.82) is 0 Å². The van der Waals surface area contributed by atoms with Gasteiger partial charge in [-0.05, 0) is 23.0 Å². The second kappa shape index (κ2) is 4.28. The van der Waals surface area contributed by atoms with Crippen LogP contribution in [0.1, 0.15) is 45.4 Å². The third kappa shape index (κ3) is 2.88. The van der Waals surface area contributed by atoms with Crippen LogP contribution in [0.4, 0.5) is 0 Å². The van der Waals surface area contributed by atoms with Crippen molar-refractivity contribution in [3.63, 3.8) is 0 Å². The molecule has 1 aromatic rings. The molecule has 0 saturated heterocycles. The SMILES string of the molecule is CCC#Cc1ccc(C(C)(C)C)cn1. The zero-order valence-electron chi connectivity index (χ0n) is 9.39. The lowest BCUT2D eigenvalue weighted by Gasteiger charge is -2.17. The normalized spacial score (nSPS) is 10.6. The van der Waals surface area contributed by atoms with E-state index in [1.54, 1.807) is 0 Å². The number of rotatable bonds is 0. The zero-order valence-corrected chi connectivity index (χ0v) is 9.39. The van der Waals surface area contributed by atoms with Gasteiger partial charge in [0.1, 0.15) is 5.69 Å². The Morgan fingerprint density at radius 3 is 2.43 bits per heavy atom.